The van der Waals surface area contributed by atoms with Crippen molar-refractivity contribution >= 4 is 41.5 Å². The highest BCUT2D eigenvalue weighted by atomic mass is 127. The summed E-state index contributed by atoms with van der Waals surface area (Å²) in [4.78, 5) is 20.7. The molecule has 1 fully saturated rings. The first-order valence-electron chi connectivity index (χ1n) is 9.42. The Bertz CT molecular complexity index is 792. The predicted octanol–water partition coefficient (Wildman–Crippen LogP) is 2.46. The van der Waals surface area contributed by atoms with Crippen LogP contribution in [-0.2, 0) is 11.3 Å². The Morgan fingerprint density at radius 3 is 2.28 bits per heavy atom. The Morgan fingerprint density at radius 1 is 1.00 bits per heavy atom. The van der Waals surface area contributed by atoms with Gasteiger partial charge in [0.15, 0.2) is 5.96 Å². The van der Waals surface area contributed by atoms with Crippen molar-refractivity contribution in [3.8, 4) is 0 Å². The van der Waals surface area contributed by atoms with Crippen LogP contribution in [-0.4, -0.2) is 56.5 Å². The van der Waals surface area contributed by atoms with Crippen molar-refractivity contribution < 1.29 is 9.18 Å². The van der Waals surface area contributed by atoms with E-state index in [-0.39, 0.29) is 42.2 Å². The molecular formula is C21H27FIN5O. The fourth-order valence-corrected chi connectivity index (χ4v) is 3.18. The van der Waals surface area contributed by atoms with Crippen molar-refractivity contribution in [2.45, 2.75) is 6.54 Å². The van der Waals surface area contributed by atoms with Crippen LogP contribution in [0, 0.1) is 5.82 Å². The fraction of sp³-hybridized carbons (Fsp3) is 0.333. The molecule has 1 amide bonds. The lowest BCUT2D eigenvalue weighted by Gasteiger charge is -2.37. The summed E-state index contributed by atoms with van der Waals surface area (Å²) in [6, 6.07) is 16.4. The standard InChI is InChI=1S/C21H26FN5O.HI/c1-23-21(25-16-20(28)24-15-17-5-3-2-4-6-17)27-13-11-26(12-14-27)19-9-7-18(22)8-10-19;/h2-10H,11-16H2,1H3,(H,23,25)(H,24,28);1H. The molecule has 0 radical (unpaired) electrons. The fourth-order valence-electron chi connectivity index (χ4n) is 3.18. The minimum Gasteiger partial charge on any atom is -0.368 e. The van der Waals surface area contributed by atoms with Gasteiger partial charge in [-0.2, -0.15) is 0 Å². The van der Waals surface area contributed by atoms with Crippen molar-refractivity contribution in [1.29, 1.82) is 0 Å². The summed E-state index contributed by atoms with van der Waals surface area (Å²) in [7, 11) is 1.72. The minimum absolute atomic E-state index is 0. The van der Waals surface area contributed by atoms with Crippen LogP contribution < -0.4 is 15.5 Å². The third-order valence-corrected chi connectivity index (χ3v) is 4.72. The molecule has 2 aromatic rings. The van der Waals surface area contributed by atoms with E-state index in [1.165, 1.54) is 12.1 Å². The van der Waals surface area contributed by atoms with Gasteiger partial charge in [-0.05, 0) is 29.8 Å². The maximum Gasteiger partial charge on any atom is 0.239 e. The lowest BCUT2D eigenvalue weighted by molar-refractivity contribution is -0.120. The van der Waals surface area contributed by atoms with Crippen LogP contribution in [0.3, 0.4) is 0 Å². The zero-order valence-electron chi connectivity index (χ0n) is 16.5. The number of anilines is 1. The summed E-state index contributed by atoms with van der Waals surface area (Å²) in [6.45, 7) is 3.87. The molecule has 0 spiro atoms. The molecule has 1 aliphatic heterocycles. The highest BCUT2D eigenvalue weighted by Crippen LogP contribution is 2.16. The number of hydrogen-bond acceptors (Lipinski definition) is 3. The van der Waals surface area contributed by atoms with Crippen molar-refractivity contribution in [2.75, 3.05) is 44.7 Å². The molecule has 0 saturated carbocycles. The second kappa shape index (κ2) is 11.6. The highest BCUT2D eigenvalue weighted by Gasteiger charge is 2.20. The Balaban J connectivity index is 0.00000300. The molecule has 1 aliphatic rings. The average Bonchev–Trinajstić information content (AvgIpc) is 2.74. The monoisotopic (exact) mass is 511 g/mol. The van der Waals surface area contributed by atoms with Gasteiger partial charge < -0.3 is 20.4 Å². The first kappa shape index (κ1) is 22.9. The van der Waals surface area contributed by atoms with Crippen LogP contribution in [0.25, 0.3) is 0 Å². The summed E-state index contributed by atoms with van der Waals surface area (Å²) in [5.41, 5.74) is 2.08. The molecule has 156 valence electrons. The van der Waals surface area contributed by atoms with Gasteiger partial charge in [-0.1, -0.05) is 30.3 Å². The van der Waals surface area contributed by atoms with E-state index in [1.54, 1.807) is 19.2 Å². The molecular weight excluding hydrogens is 484 g/mol. The number of benzene rings is 2. The second-order valence-electron chi connectivity index (χ2n) is 6.61. The van der Waals surface area contributed by atoms with E-state index < -0.39 is 0 Å². The quantitative estimate of drug-likeness (QED) is 0.368. The molecule has 1 heterocycles. The van der Waals surface area contributed by atoms with Crippen molar-refractivity contribution in [3.63, 3.8) is 0 Å². The Labute approximate surface area is 188 Å². The lowest BCUT2D eigenvalue weighted by Crippen LogP contribution is -2.53. The Hall–Kier alpha value is -2.36. The van der Waals surface area contributed by atoms with Crippen molar-refractivity contribution in [2.24, 2.45) is 4.99 Å². The van der Waals surface area contributed by atoms with Gasteiger partial charge in [0.1, 0.15) is 5.82 Å². The predicted molar refractivity (Wildman–Crippen MR) is 125 cm³/mol. The van der Waals surface area contributed by atoms with Crippen LogP contribution in [0.4, 0.5) is 10.1 Å². The third kappa shape index (κ3) is 6.88. The van der Waals surface area contributed by atoms with E-state index in [1.807, 2.05) is 30.3 Å². The molecule has 2 N–H and O–H groups in total. The number of carbonyl (C=O) groups is 1. The van der Waals surface area contributed by atoms with Gasteiger partial charge >= 0.3 is 0 Å². The number of carbonyl (C=O) groups excluding carboxylic acids is 1. The number of nitrogens with zero attached hydrogens (tertiary/aromatic N) is 3. The SMILES string of the molecule is CN=C(NCC(=O)NCc1ccccc1)N1CCN(c2ccc(F)cc2)CC1.I. The molecule has 29 heavy (non-hydrogen) atoms. The molecule has 8 heteroatoms. The summed E-state index contributed by atoms with van der Waals surface area (Å²) in [5, 5.41) is 6.03. The molecule has 2 aromatic carbocycles. The Kier molecular flexibility index (Phi) is 9.17. The largest absolute Gasteiger partial charge is 0.368 e. The normalized spacial score (nSPS) is 14.2. The molecule has 0 aliphatic carbocycles. The van der Waals surface area contributed by atoms with Gasteiger partial charge in [-0.15, -0.1) is 24.0 Å². The van der Waals surface area contributed by atoms with Crippen LogP contribution in [0.15, 0.2) is 59.6 Å². The van der Waals surface area contributed by atoms with Gasteiger partial charge in [0, 0.05) is 45.5 Å². The van der Waals surface area contributed by atoms with E-state index in [9.17, 15) is 9.18 Å². The number of aliphatic imine (C=N–C) groups is 1. The smallest absolute Gasteiger partial charge is 0.239 e. The van der Waals surface area contributed by atoms with Crippen LogP contribution in [0.1, 0.15) is 5.56 Å². The minimum atomic E-state index is -0.225. The summed E-state index contributed by atoms with van der Waals surface area (Å²) >= 11 is 0. The van der Waals surface area contributed by atoms with Crippen LogP contribution >= 0.6 is 24.0 Å². The van der Waals surface area contributed by atoms with E-state index in [4.69, 9.17) is 0 Å². The van der Waals surface area contributed by atoms with Crippen LogP contribution in [0.2, 0.25) is 0 Å². The maximum atomic E-state index is 13.1. The van der Waals surface area contributed by atoms with Gasteiger partial charge in [0.05, 0.1) is 6.54 Å². The average molecular weight is 511 g/mol. The molecule has 6 nitrogen and oxygen atoms in total. The molecule has 0 aromatic heterocycles. The number of piperazine rings is 1. The van der Waals surface area contributed by atoms with E-state index in [0.29, 0.717) is 12.5 Å². The summed E-state index contributed by atoms with van der Waals surface area (Å²) < 4.78 is 13.1. The van der Waals surface area contributed by atoms with Gasteiger partial charge in [0.25, 0.3) is 0 Å². The number of guanidine groups is 1. The zero-order chi connectivity index (χ0) is 19.8. The molecule has 3 rings (SSSR count). The number of halogens is 2. The van der Waals surface area contributed by atoms with Gasteiger partial charge in [0.2, 0.25) is 5.91 Å². The maximum absolute atomic E-state index is 13.1. The van der Waals surface area contributed by atoms with Crippen LogP contribution in [0.5, 0.6) is 0 Å². The van der Waals surface area contributed by atoms with Gasteiger partial charge in [-0.3, -0.25) is 9.79 Å². The topological polar surface area (TPSA) is 60.0 Å². The summed E-state index contributed by atoms with van der Waals surface area (Å²) in [5.74, 6) is 0.418. The van der Waals surface area contributed by atoms with E-state index >= 15 is 0 Å². The number of hydrogen-bond donors (Lipinski definition) is 2. The Morgan fingerprint density at radius 2 is 1.66 bits per heavy atom. The second-order valence-corrected chi connectivity index (χ2v) is 6.61. The molecule has 0 bridgehead atoms. The van der Waals surface area contributed by atoms with E-state index in [2.05, 4.69) is 25.4 Å². The molecule has 0 unspecified atom stereocenters. The molecule has 0 atom stereocenters. The van der Waals surface area contributed by atoms with Gasteiger partial charge in [-0.25, -0.2) is 4.39 Å². The first-order valence-corrected chi connectivity index (χ1v) is 9.42. The zero-order valence-corrected chi connectivity index (χ0v) is 18.8. The number of rotatable bonds is 5. The first-order chi connectivity index (χ1) is 13.7. The molecule has 1 saturated heterocycles. The number of amides is 1. The van der Waals surface area contributed by atoms with E-state index in [0.717, 1.165) is 37.4 Å². The lowest BCUT2D eigenvalue weighted by atomic mass is 10.2. The van der Waals surface area contributed by atoms with Crippen molar-refractivity contribution in [3.05, 3.63) is 66.0 Å². The summed E-state index contributed by atoms with van der Waals surface area (Å²) in [6.07, 6.45) is 0. The van der Waals surface area contributed by atoms with Crippen molar-refractivity contribution in [1.82, 2.24) is 15.5 Å². The third-order valence-electron chi connectivity index (χ3n) is 4.72. The highest BCUT2D eigenvalue weighted by molar-refractivity contribution is 14.0. The number of nitrogens with one attached hydrogen (secondary N) is 2.